The summed E-state index contributed by atoms with van der Waals surface area (Å²) < 4.78 is 15.4. The van der Waals surface area contributed by atoms with Gasteiger partial charge in [-0.1, -0.05) is 13.0 Å². The Balaban J connectivity index is 2.08. The molecule has 1 N–H and O–H groups in total. The minimum atomic E-state index is -0.241. The van der Waals surface area contributed by atoms with E-state index in [1.807, 2.05) is 13.2 Å². The molecule has 96 valence electrons. The number of halogens is 2. The Kier molecular flexibility index (Phi) is 4.01. The second-order valence-corrected chi connectivity index (χ2v) is 4.97. The average molecular weight is 312 g/mol. The van der Waals surface area contributed by atoms with Crippen LogP contribution in [0.4, 0.5) is 10.1 Å². The van der Waals surface area contributed by atoms with E-state index in [0.29, 0.717) is 11.0 Å². The molecule has 0 saturated carbocycles. The topological polar surface area (TPSA) is 29.9 Å². The molecular formula is C13H15BrFN3. The summed E-state index contributed by atoms with van der Waals surface area (Å²) >= 11 is 3.19. The molecule has 0 saturated heterocycles. The summed E-state index contributed by atoms with van der Waals surface area (Å²) in [6.45, 7) is 2.72. The highest BCUT2D eigenvalue weighted by atomic mass is 79.9. The van der Waals surface area contributed by atoms with Gasteiger partial charge < -0.3 is 5.32 Å². The standard InChI is InChI=1S/C13H15BrFN3/c1-3-12-13(8-18(2)17-12)16-7-9-4-5-11(15)10(14)6-9/h4-6,8,16H,3,7H2,1-2H3. The van der Waals surface area contributed by atoms with Gasteiger partial charge in [-0.25, -0.2) is 4.39 Å². The molecule has 1 heterocycles. The molecule has 1 aromatic heterocycles. The van der Waals surface area contributed by atoms with Crippen LogP contribution in [0, 0.1) is 5.82 Å². The maximum atomic E-state index is 13.1. The predicted octanol–water partition coefficient (Wildman–Crippen LogP) is 3.50. The van der Waals surface area contributed by atoms with E-state index < -0.39 is 0 Å². The Hall–Kier alpha value is -1.36. The van der Waals surface area contributed by atoms with Gasteiger partial charge in [0.15, 0.2) is 0 Å². The first-order chi connectivity index (χ1) is 8.60. The van der Waals surface area contributed by atoms with Crippen LogP contribution < -0.4 is 5.32 Å². The van der Waals surface area contributed by atoms with Gasteiger partial charge in [-0.3, -0.25) is 4.68 Å². The maximum Gasteiger partial charge on any atom is 0.137 e. The van der Waals surface area contributed by atoms with Gasteiger partial charge in [0, 0.05) is 19.8 Å². The second-order valence-electron chi connectivity index (χ2n) is 4.12. The lowest BCUT2D eigenvalue weighted by Crippen LogP contribution is -2.01. The molecule has 0 unspecified atom stereocenters. The predicted molar refractivity (Wildman–Crippen MR) is 74.0 cm³/mol. The van der Waals surface area contributed by atoms with Gasteiger partial charge in [0.05, 0.1) is 15.9 Å². The van der Waals surface area contributed by atoms with Gasteiger partial charge >= 0.3 is 0 Å². The minimum Gasteiger partial charge on any atom is -0.378 e. The lowest BCUT2D eigenvalue weighted by atomic mass is 10.2. The number of aryl methyl sites for hydroxylation is 2. The molecule has 0 fully saturated rings. The van der Waals surface area contributed by atoms with Crippen LogP contribution in [0.3, 0.4) is 0 Å². The first-order valence-electron chi connectivity index (χ1n) is 5.80. The zero-order chi connectivity index (χ0) is 13.1. The molecule has 1 aromatic carbocycles. The zero-order valence-corrected chi connectivity index (χ0v) is 12.0. The van der Waals surface area contributed by atoms with Gasteiger partial charge in [-0.15, -0.1) is 0 Å². The lowest BCUT2D eigenvalue weighted by Gasteiger charge is -2.06. The Labute approximate surface area is 114 Å². The number of nitrogens with one attached hydrogen (secondary N) is 1. The third kappa shape index (κ3) is 2.90. The van der Waals surface area contributed by atoms with Crippen molar-refractivity contribution in [3.63, 3.8) is 0 Å². The summed E-state index contributed by atoms with van der Waals surface area (Å²) in [6, 6.07) is 5.02. The van der Waals surface area contributed by atoms with Crippen LogP contribution in [-0.2, 0) is 20.0 Å². The fraction of sp³-hybridized carbons (Fsp3) is 0.308. The number of hydrogen-bond acceptors (Lipinski definition) is 2. The summed E-state index contributed by atoms with van der Waals surface area (Å²) in [7, 11) is 1.90. The Morgan fingerprint density at radius 3 is 2.89 bits per heavy atom. The van der Waals surface area contributed by atoms with E-state index in [1.165, 1.54) is 6.07 Å². The van der Waals surface area contributed by atoms with E-state index in [4.69, 9.17) is 0 Å². The van der Waals surface area contributed by atoms with E-state index in [9.17, 15) is 4.39 Å². The average Bonchev–Trinajstić information content (AvgIpc) is 2.71. The summed E-state index contributed by atoms with van der Waals surface area (Å²) in [6.07, 6.45) is 2.84. The molecule has 0 aliphatic carbocycles. The smallest absolute Gasteiger partial charge is 0.137 e. The number of anilines is 1. The molecule has 0 aliphatic rings. The SMILES string of the molecule is CCc1nn(C)cc1NCc1ccc(F)c(Br)c1. The quantitative estimate of drug-likeness (QED) is 0.936. The molecule has 2 aromatic rings. The Morgan fingerprint density at radius 2 is 2.22 bits per heavy atom. The van der Waals surface area contributed by atoms with Crippen molar-refractivity contribution in [2.24, 2.45) is 7.05 Å². The van der Waals surface area contributed by atoms with Crippen molar-refractivity contribution in [3.05, 3.63) is 45.9 Å². The minimum absolute atomic E-state index is 0.241. The largest absolute Gasteiger partial charge is 0.378 e. The van der Waals surface area contributed by atoms with Crippen LogP contribution in [0.1, 0.15) is 18.2 Å². The van der Waals surface area contributed by atoms with Gasteiger partial charge in [0.1, 0.15) is 5.82 Å². The molecule has 0 atom stereocenters. The number of nitrogens with zero attached hydrogens (tertiary/aromatic N) is 2. The molecule has 18 heavy (non-hydrogen) atoms. The molecule has 0 spiro atoms. The van der Waals surface area contributed by atoms with Gasteiger partial charge in [-0.2, -0.15) is 5.10 Å². The lowest BCUT2D eigenvalue weighted by molar-refractivity contribution is 0.620. The van der Waals surface area contributed by atoms with Crippen LogP contribution in [-0.4, -0.2) is 9.78 Å². The fourth-order valence-electron chi connectivity index (χ4n) is 1.79. The molecule has 0 bridgehead atoms. The van der Waals surface area contributed by atoms with Crippen LogP contribution in [0.15, 0.2) is 28.9 Å². The highest BCUT2D eigenvalue weighted by molar-refractivity contribution is 9.10. The molecule has 0 amide bonds. The van der Waals surface area contributed by atoms with Crippen molar-refractivity contribution in [1.82, 2.24) is 9.78 Å². The van der Waals surface area contributed by atoms with Crippen molar-refractivity contribution in [2.75, 3.05) is 5.32 Å². The number of aromatic nitrogens is 2. The van der Waals surface area contributed by atoms with E-state index in [1.54, 1.807) is 16.8 Å². The van der Waals surface area contributed by atoms with E-state index >= 15 is 0 Å². The van der Waals surface area contributed by atoms with Crippen LogP contribution in [0.2, 0.25) is 0 Å². The first-order valence-corrected chi connectivity index (χ1v) is 6.59. The Bertz CT molecular complexity index is 551. The molecule has 5 heteroatoms. The van der Waals surface area contributed by atoms with Gasteiger partial charge in [-0.05, 0) is 40.0 Å². The Morgan fingerprint density at radius 1 is 1.44 bits per heavy atom. The summed E-state index contributed by atoms with van der Waals surface area (Å²) in [5, 5.41) is 7.68. The van der Waals surface area contributed by atoms with E-state index in [0.717, 1.165) is 23.4 Å². The summed E-state index contributed by atoms with van der Waals surface area (Å²) in [5.74, 6) is -0.241. The van der Waals surface area contributed by atoms with Gasteiger partial charge in [0.25, 0.3) is 0 Å². The van der Waals surface area contributed by atoms with E-state index in [-0.39, 0.29) is 5.82 Å². The van der Waals surface area contributed by atoms with Crippen molar-refractivity contribution in [2.45, 2.75) is 19.9 Å². The number of benzene rings is 1. The van der Waals surface area contributed by atoms with Crippen molar-refractivity contribution < 1.29 is 4.39 Å². The molecule has 3 nitrogen and oxygen atoms in total. The summed E-state index contributed by atoms with van der Waals surface area (Å²) in [4.78, 5) is 0. The van der Waals surface area contributed by atoms with Gasteiger partial charge in [0.2, 0.25) is 0 Å². The monoisotopic (exact) mass is 311 g/mol. The van der Waals surface area contributed by atoms with Crippen molar-refractivity contribution >= 4 is 21.6 Å². The number of hydrogen-bond donors (Lipinski definition) is 1. The third-order valence-corrected chi connectivity index (χ3v) is 3.31. The van der Waals surface area contributed by atoms with Crippen molar-refractivity contribution in [3.8, 4) is 0 Å². The third-order valence-electron chi connectivity index (χ3n) is 2.71. The highest BCUT2D eigenvalue weighted by Gasteiger charge is 2.06. The van der Waals surface area contributed by atoms with Crippen LogP contribution in [0.5, 0.6) is 0 Å². The number of rotatable bonds is 4. The van der Waals surface area contributed by atoms with Crippen molar-refractivity contribution in [1.29, 1.82) is 0 Å². The maximum absolute atomic E-state index is 13.1. The fourth-order valence-corrected chi connectivity index (χ4v) is 2.22. The molecule has 2 rings (SSSR count). The first kappa shape index (κ1) is 13.1. The van der Waals surface area contributed by atoms with Crippen LogP contribution in [0.25, 0.3) is 0 Å². The molecular weight excluding hydrogens is 297 g/mol. The second kappa shape index (κ2) is 5.52. The zero-order valence-electron chi connectivity index (χ0n) is 10.4. The summed E-state index contributed by atoms with van der Waals surface area (Å²) in [5.41, 5.74) is 3.09. The van der Waals surface area contributed by atoms with Crippen LogP contribution >= 0.6 is 15.9 Å². The molecule has 0 aliphatic heterocycles. The highest BCUT2D eigenvalue weighted by Crippen LogP contribution is 2.19. The van der Waals surface area contributed by atoms with E-state index in [2.05, 4.69) is 33.3 Å². The molecule has 0 radical (unpaired) electrons. The normalized spacial score (nSPS) is 10.7.